The summed E-state index contributed by atoms with van der Waals surface area (Å²) in [7, 11) is 3.40. The van der Waals surface area contributed by atoms with Crippen molar-refractivity contribution in [3.8, 4) is 11.5 Å². The van der Waals surface area contributed by atoms with Gasteiger partial charge in [0.1, 0.15) is 6.23 Å². The van der Waals surface area contributed by atoms with E-state index in [0.717, 1.165) is 36.7 Å². The molecule has 6 aliphatic rings. The molecule has 1 spiro atoms. The summed E-state index contributed by atoms with van der Waals surface area (Å²) in [4.78, 5) is 5.03. The van der Waals surface area contributed by atoms with E-state index in [9.17, 15) is 5.11 Å². The molecule has 1 aromatic rings. The fourth-order valence-corrected chi connectivity index (χ4v) is 8.05. The number of piperidine rings is 2. The predicted molar refractivity (Wildman–Crippen MR) is 108 cm³/mol. The number of benzene rings is 1. The summed E-state index contributed by atoms with van der Waals surface area (Å²) in [5, 5.41) is 11.3. The van der Waals surface area contributed by atoms with Crippen LogP contribution in [0.25, 0.3) is 0 Å². The molecule has 6 heteroatoms. The Hall–Kier alpha value is -1.76. The van der Waals surface area contributed by atoms with Crippen LogP contribution < -0.4 is 14.4 Å². The number of anilines is 1. The number of fused-ring (bicyclic) bond motifs is 2. The molecule has 1 N–H and O–H groups in total. The Bertz CT molecular complexity index is 932. The van der Waals surface area contributed by atoms with Gasteiger partial charge >= 0.3 is 0 Å². The maximum atomic E-state index is 11.3. The molecule has 0 amide bonds. The second-order valence-corrected chi connectivity index (χ2v) is 9.64. The van der Waals surface area contributed by atoms with Gasteiger partial charge in [-0.25, -0.2) is 0 Å². The maximum Gasteiger partial charge on any atom is 0.162 e. The number of rotatable bonds is 2. The molecule has 1 saturated carbocycles. The first-order valence-corrected chi connectivity index (χ1v) is 10.9. The highest BCUT2D eigenvalue weighted by atomic mass is 16.5. The van der Waals surface area contributed by atoms with E-state index in [2.05, 4.69) is 28.0 Å². The molecule has 29 heavy (non-hydrogen) atoms. The van der Waals surface area contributed by atoms with Crippen LogP contribution in [0.5, 0.6) is 11.5 Å². The molecule has 4 fully saturated rings. The first-order valence-electron chi connectivity index (χ1n) is 10.9. The van der Waals surface area contributed by atoms with Crippen molar-refractivity contribution in [3.05, 3.63) is 29.3 Å². The van der Waals surface area contributed by atoms with E-state index in [1.807, 2.05) is 0 Å². The molecule has 5 aliphatic heterocycles. The van der Waals surface area contributed by atoms with Gasteiger partial charge in [-0.05, 0) is 36.9 Å². The fraction of sp³-hybridized carbons (Fsp3) is 0.652. The van der Waals surface area contributed by atoms with Crippen LogP contribution in [0.4, 0.5) is 5.69 Å². The summed E-state index contributed by atoms with van der Waals surface area (Å²) < 4.78 is 17.7. The number of aliphatic hydroxyl groups excluding tert-OH is 1. The number of hydrogen-bond acceptors (Lipinski definition) is 6. The van der Waals surface area contributed by atoms with E-state index in [1.165, 1.54) is 12.0 Å². The van der Waals surface area contributed by atoms with Crippen molar-refractivity contribution in [1.82, 2.24) is 4.90 Å². The lowest BCUT2D eigenvalue weighted by molar-refractivity contribution is -0.0910. The molecule has 6 nitrogen and oxygen atoms in total. The number of nitrogens with zero attached hydrogens (tertiary/aromatic N) is 2. The van der Waals surface area contributed by atoms with Gasteiger partial charge in [0.15, 0.2) is 11.5 Å². The molecule has 0 unspecified atom stereocenters. The van der Waals surface area contributed by atoms with E-state index in [1.54, 1.807) is 19.8 Å². The maximum absolute atomic E-state index is 11.3. The van der Waals surface area contributed by atoms with Crippen molar-refractivity contribution in [1.29, 1.82) is 0 Å². The van der Waals surface area contributed by atoms with Gasteiger partial charge in [-0.2, -0.15) is 0 Å². The van der Waals surface area contributed by atoms with Crippen LogP contribution in [-0.2, 0) is 10.2 Å². The summed E-state index contributed by atoms with van der Waals surface area (Å²) in [5.41, 5.74) is 4.10. The Labute approximate surface area is 171 Å². The summed E-state index contributed by atoms with van der Waals surface area (Å²) in [6.45, 7) is 2.90. The summed E-state index contributed by atoms with van der Waals surface area (Å²) in [5.74, 6) is 2.55. The molecule has 0 aromatic heterocycles. The Morgan fingerprint density at radius 3 is 2.83 bits per heavy atom. The number of ether oxygens (including phenoxy) is 3. The number of aliphatic hydroxyl groups is 1. The molecular formula is C23H28N2O4. The molecule has 7 rings (SSSR count). The Kier molecular flexibility index (Phi) is 3.21. The summed E-state index contributed by atoms with van der Waals surface area (Å²) in [6.07, 6.45) is 4.98. The lowest BCUT2D eigenvalue weighted by atomic mass is 9.53. The van der Waals surface area contributed by atoms with E-state index >= 15 is 0 Å². The van der Waals surface area contributed by atoms with Gasteiger partial charge < -0.3 is 24.2 Å². The molecule has 2 bridgehead atoms. The van der Waals surface area contributed by atoms with Crippen molar-refractivity contribution in [2.24, 2.45) is 11.8 Å². The molecule has 7 atom stereocenters. The normalized spacial score (nSPS) is 43.6. The standard InChI is InChI=1S/C23H28N2O4/c1-27-16-8-14-15(9-17(16)28-2)25-20(26)10-18-21-13-7-19-23(14,22(21)25)4-5-24(19)11-12(13)3-6-29-18/h3,8-9,13,18-22,26H,4-7,10-11H2,1-2H3/t13-,18+,19-,20-,21-,22+,23-/m0/s1. The highest BCUT2D eigenvalue weighted by molar-refractivity contribution is 5.72. The van der Waals surface area contributed by atoms with Crippen molar-refractivity contribution < 1.29 is 19.3 Å². The van der Waals surface area contributed by atoms with Gasteiger partial charge in [-0.1, -0.05) is 11.6 Å². The molecule has 154 valence electrons. The van der Waals surface area contributed by atoms with Gasteiger partial charge in [-0.15, -0.1) is 0 Å². The third kappa shape index (κ3) is 1.81. The zero-order chi connectivity index (χ0) is 19.5. The smallest absolute Gasteiger partial charge is 0.162 e. The summed E-state index contributed by atoms with van der Waals surface area (Å²) in [6, 6.07) is 5.11. The minimum absolute atomic E-state index is 0.0366. The van der Waals surface area contributed by atoms with Crippen LogP contribution in [0, 0.1) is 11.8 Å². The van der Waals surface area contributed by atoms with Gasteiger partial charge in [0, 0.05) is 48.1 Å². The molecule has 1 aliphatic carbocycles. The van der Waals surface area contributed by atoms with Crippen molar-refractivity contribution in [2.45, 2.75) is 49.1 Å². The second kappa shape index (κ2) is 5.48. The highest BCUT2D eigenvalue weighted by Crippen LogP contribution is 2.67. The first kappa shape index (κ1) is 17.0. The van der Waals surface area contributed by atoms with Gasteiger partial charge in [-0.3, -0.25) is 4.90 Å². The van der Waals surface area contributed by atoms with Crippen LogP contribution in [-0.4, -0.2) is 68.3 Å². The Balaban J connectivity index is 1.51. The second-order valence-electron chi connectivity index (χ2n) is 9.64. The van der Waals surface area contributed by atoms with E-state index in [-0.39, 0.29) is 17.6 Å². The topological polar surface area (TPSA) is 54.4 Å². The zero-order valence-electron chi connectivity index (χ0n) is 17.0. The predicted octanol–water partition coefficient (Wildman–Crippen LogP) is 1.90. The minimum Gasteiger partial charge on any atom is -0.493 e. The average molecular weight is 396 g/mol. The van der Waals surface area contributed by atoms with Crippen molar-refractivity contribution >= 4 is 5.69 Å². The monoisotopic (exact) mass is 396 g/mol. The van der Waals surface area contributed by atoms with Crippen LogP contribution in [0.3, 0.4) is 0 Å². The van der Waals surface area contributed by atoms with Gasteiger partial charge in [0.2, 0.25) is 0 Å². The van der Waals surface area contributed by atoms with Crippen molar-refractivity contribution in [2.75, 3.05) is 38.8 Å². The third-order valence-corrected chi connectivity index (χ3v) is 8.97. The average Bonchev–Trinajstić information content (AvgIpc) is 3.20. The Morgan fingerprint density at radius 1 is 1.17 bits per heavy atom. The lowest BCUT2D eigenvalue weighted by Crippen LogP contribution is -2.70. The minimum atomic E-state index is -0.521. The quantitative estimate of drug-likeness (QED) is 0.771. The van der Waals surface area contributed by atoms with Crippen LogP contribution in [0.15, 0.2) is 23.8 Å². The number of hydrogen-bond donors (Lipinski definition) is 1. The largest absolute Gasteiger partial charge is 0.493 e. The first-order chi connectivity index (χ1) is 14.2. The summed E-state index contributed by atoms with van der Waals surface area (Å²) >= 11 is 0. The van der Waals surface area contributed by atoms with Crippen LogP contribution in [0.2, 0.25) is 0 Å². The van der Waals surface area contributed by atoms with Crippen LogP contribution >= 0.6 is 0 Å². The van der Waals surface area contributed by atoms with Crippen molar-refractivity contribution in [3.63, 3.8) is 0 Å². The number of methoxy groups -OCH3 is 2. The highest BCUT2D eigenvalue weighted by Gasteiger charge is 2.71. The van der Waals surface area contributed by atoms with E-state index in [0.29, 0.717) is 30.9 Å². The molecule has 0 radical (unpaired) electrons. The van der Waals surface area contributed by atoms with Gasteiger partial charge in [0.25, 0.3) is 0 Å². The molecular weight excluding hydrogens is 368 g/mol. The van der Waals surface area contributed by atoms with Gasteiger partial charge in [0.05, 0.1) is 26.9 Å². The molecule has 3 saturated heterocycles. The SMILES string of the molecule is COc1cc2c(cc1OC)[C@]13CCN4CC5=CCO[C@@H]6C[C@H](O)N2[C@@H]1[C@H]6[C@H]5C[C@H]43. The zero-order valence-corrected chi connectivity index (χ0v) is 17.0. The molecule has 5 heterocycles. The van der Waals surface area contributed by atoms with Crippen LogP contribution in [0.1, 0.15) is 24.8 Å². The molecule has 1 aromatic carbocycles. The lowest BCUT2D eigenvalue weighted by Gasteiger charge is -2.60. The Morgan fingerprint density at radius 2 is 2.00 bits per heavy atom. The van der Waals surface area contributed by atoms with E-state index < -0.39 is 6.23 Å². The fourth-order valence-electron chi connectivity index (χ4n) is 8.05. The third-order valence-electron chi connectivity index (χ3n) is 8.97. The van der Waals surface area contributed by atoms with E-state index in [4.69, 9.17) is 14.2 Å².